The lowest BCUT2D eigenvalue weighted by Gasteiger charge is -2.16. The molecule has 27 heavy (non-hydrogen) atoms. The Hall–Kier alpha value is -1.66. The number of nitrogens with zero attached hydrogens (tertiary/aromatic N) is 2. The maximum absolute atomic E-state index is 12.6. The minimum atomic E-state index is -0.00119. The van der Waals surface area contributed by atoms with Crippen LogP contribution in [0, 0.1) is 6.92 Å². The molecule has 4 nitrogen and oxygen atoms in total. The lowest BCUT2D eigenvalue weighted by atomic mass is 10.1. The molecule has 2 aliphatic rings. The van der Waals surface area contributed by atoms with Crippen LogP contribution >= 0.6 is 24.0 Å². The number of hydrogen-bond donors (Lipinski definition) is 0. The monoisotopic (exact) mass is 402 g/mol. The fourth-order valence-corrected chi connectivity index (χ4v) is 4.66. The van der Waals surface area contributed by atoms with Gasteiger partial charge < -0.3 is 4.90 Å². The van der Waals surface area contributed by atoms with Gasteiger partial charge >= 0.3 is 0 Å². The molecule has 2 saturated heterocycles. The number of carbonyl (C=O) groups excluding carboxylic acids is 2. The first-order valence-electron chi connectivity index (χ1n) is 9.64. The second kappa shape index (κ2) is 9.51. The van der Waals surface area contributed by atoms with Gasteiger partial charge in [-0.3, -0.25) is 14.5 Å². The van der Waals surface area contributed by atoms with E-state index in [4.69, 9.17) is 12.2 Å². The minimum absolute atomic E-state index is 0.00119. The van der Waals surface area contributed by atoms with Gasteiger partial charge in [-0.25, -0.2) is 0 Å². The van der Waals surface area contributed by atoms with Crippen LogP contribution in [-0.4, -0.2) is 45.6 Å². The summed E-state index contributed by atoms with van der Waals surface area (Å²) in [7, 11) is 0. The van der Waals surface area contributed by atoms with Crippen molar-refractivity contribution < 1.29 is 9.59 Å². The maximum atomic E-state index is 12.6. The lowest BCUT2D eigenvalue weighted by molar-refractivity contribution is -0.130. The molecular weight excluding hydrogens is 376 g/mol. The highest BCUT2D eigenvalue weighted by Gasteiger charge is 2.31. The predicted molar refractivity (Wildman–Crippen MR) is 115 cm³/mol. The first-order valence-corrected chi connectivity index (χ1v) is 10.9. The number of thiocarbonyl (C=S) groups is 1. The number of benzene rings is 1. The number of hydrogen-bond acceptors (Lipinski definition) is 4. The lowest BCUT2D eigenvalue weighted by Crippen LogP contribution is -2.29. The normalized spacial score (nSPS) is 18.8. The van der Waals surface area contributed by atoms with Crippen LogP contribution in [0.4, 0.5) is 0 Å². The van der Waals surface area contributed by atoms with Gasteiger partial charge in [-0.05, 0) is 44.2 Å². The highest BCUT2D eigenvalue weighted by atomic mass is 32.2. The van der Waals surface area contributed by atoms with E-state index in [9.17, 15) is 9.59 Å². The van der Waals surface area contributed by atoms with E-state index >= 15 is 0 Å². The van der Waals surface area contributed by atoms with Crippen LogP contribution in [0.25, 0.3) is 6.08 Å². The number of likely N-dealkylation sites (tertiary alicyclic amines) is 1. The van der Waals surface area contributed by atoms with Gasteiger partial charge in [-0.1, -0.05) is 60.2 Å². The van der Waals surface area contributed by atoms with Crippen molar-refractivity contribution in [1.82, 2.24) is 9.80 Å². The van der Waals surface area contributed by atoms with Crippen LogP contribution < -0.4 is 0 Å². The van der Waals surface area contributed by atoms with Gasteiger partial charge in [-0.15, -0.1) is 0 Å². The summed E-state index contributed by atoms with van der Waals surface area (Å²) in [6, 6.07) is 8.10. The van der Waals surface area contributed by atoms with E-state index < -0.39 is 0 Å². The third-order valence-corrected chi connectivity index (χ3v) is 6.36. The summed E-state index contributed by atoms with van der Waals surface area (Å²) < 4.78 is 0.631. The highest BCUT2D eigenvalue weighted by Crippen LogP contribution is 2.32. The zero-order chi connectivity index (χ0) is 19.2. The van der Waals surface area contributed by atoms with Crippen molar-refractivity contribution in [3.63, 3.8) is 0 Å². The van der Waals surface area contributed by atoms with E-state index in [1.807, 2.05) is 42.2 Å². The number of carbonyl (C=O) groups is 2. The van der Waals surface area contributed by atoms with Crippen LogP contribution in [0.5, 0.6) is 0 Å². The van der Waals surface area contributed by atoms with E-state index in [0.29, 0.717) is 22.2 Å². The molecule has 2 amide bonds. The second-order valence-corrected chi connectivity index (χ2v) is 8.82. The zero-order valence-electron chi connectivity index (χ0n) is 15.8. The van der Waals surface area contributed by atoms with Gasteiger partial charge in [0.1, 0.15) is 4.32 Å². The molecule has 0 unspecified atom stereocenters. The maximum Gasteiger partial charge on any atom is 0.266 e. The molecule has 144 valence electrons. The minimum Gasteiger partial charge on any atom is -0.343 e. The Bertz CT molecular complexity index is 737. The largest absolute Gasteiger partial charge is 0.343 e. The Kier molecular flexibility index (Phi) is 7.07. The van der Waals surface area contributed by atoms with Crippen molar-refractivity contribution >= 4 is 46.2 Å². The number of unbranched alkanes of at least 4 members (excludes halogenated alkanes) is 2. The predicted octanol–water partition coefficient (Wildman–Crippen LogP) is 4.38. The first-order chi connectivity index (χ1) is 13.0. The number of aryl methyl sites for hydroxylation is 1. The van der Waals surface area contributed by atoms with Crippen molar-refractivity contribution in [1.29, 1.82) is 0 Å². The molecule has 3 rings (SSSR count). The summed E-state index contributed by atoms with van der Waals surface area (Å²) in [6.45, 7) is 4.52. The number of thioether (sulfide) groups is 1. The van der Waals surface area contributed by atoms with Gasteiger partial charge in [0.05, 0.1) is 4.91 Å². The second-order valence-electron chi connectivity index (χ2n) is 7.14. The summed E-state index contributed by atoms with van der Waals surface area (Å²) in [5.41, 5.74) is 2.21. The number of amides is 2. The molecule has 0 radical (unpaired) electrons. The SMILES string of the molecule is Cc1ccc(C=C2SC(=S)N(CCCCCC(=O)N3CCCC3)C2=O)cc1. The molecule has 2 fully saturated rings. The molecule has 0 aliphatic carbocycles. The summed E-state index contributed by atoms with van der Waals surface area (Å²) in [5.74, 6) is 0.276. The molecule has 1 aromatic rings. The standard InChI is InChI=1S/C21H26N2O2S2/c1-16-8-10-17(11-9-16)15-18-20(25)23(21(26)27-18)14-4-2-3-7-19(24)22-12-5-6-13-22/h8-11,15H,2-7,12-14H2,1H3. The van der Waals surface area contributed by atoms with Crippen molar-refractivity contribution in [3.05, 3.63) is 40.3 Å². The third kappa shape index (κ3) is 5.42. The fraction of sp³-hybridized carbons (Fsp3) is 0.476. The highest BCUT2D eigenvalue weighted by molar-refractivity contribution is 8.26. The van der Waals surface area contributed by atoms with Gasteiger partial charge in [0.25, 0.3) is 5.91 Å². The molecule has 0 N–H and O–H groups in total. The molecule has 2 heterocycles. The van der Waals surface area contributed by atoms with E-state index in [2.05, 4.69) is 0 Å². The average Bonchev–Trinajstić information content (AvgIpc) is 3.27. The molecule has 0 aromatic heterocycles. The quantitative estimate of drug-likeness (QED) is 0.386. The van der Waals surface area contributed by atoms with Crippen LogP contribution in [0.15, 0.2) is 29.2 Å². The molecule has 1 aromatic carbocycles. The Morgan fingerprint density at radius 2 is 1.85 bits per heavy atom. The molecule has 2 aliphatic heterocycles. The summed E-state index contributed by atoms with van der Waals surface area (Å²) in [5, 5.41) is 0. The summed E-state index contributed by atoms with van der Waals surface area (Å²) >= 11 is 6.76. The van der Waals surface area contributed by atoms with E-state index in [0.717, 1.165) is 50.8 Å². The van der Waals surface area contributed by atoms with Gasteiger partial charge in [0, 0.05) is 26.1 Å². The smallest absolute Gasteiger partial charge is 0.266 e. The number of rotatable bonds is 7. The average molecular weight is 403 g/mol. The first kappa shape index (κ1) is 20.1. The molecule has 0 spiro atoms. The van der Waals surface area contributed by atoms with E-state index in [-0.39, 0.29) is 11.8 Å². The Morgan fingerprint density at radius 3 is 2.56 bits per heavy atom. The van der Waals surface area contributed by atoms with Crippen molar-refractivity contribution in [2.75, 3.05) is 19.6 Å². The Morgan fingerprint density at radius 1 is 1.15 bits per heavy atom. The molecule has 0 bridgehead atoms. The summed E-state index contributed by atoms with van der Waals surface area (Å²) in [6.07, 6.45) is 7.49. The van der Waals surface area contributed by atoms with Gasteiger partial charge in [-0.2, -0.15) is 0 Å². The van der Waals surface area contributed by atoms with Gasteiger partial charge in [0.15, 0.2) is 0 Å². The van der Waals surface area contributed by atoms with E-state index in [1.165, 1.54) is 17.3 Å². The third-order valence-electron chi connectivity index (χ3n) is 4.98. The Balaban J connectivity index is 1.43. The zero-order valence-corrected chi connectivity index (χ0v) is 17.4. The topological polar surface area (TPSA) is 40.6 Å². The van der Waals surface area contributed by atoms with Crippen molar-refractivity contribution in [2.45, 2.75) is 45.4 Å². The molecular formula is C21H26N2O2S2. The molecule has 0 saturated carbocycles. The van der Waals surface area contributed by atoms with Crippen LogP contribution in [0.2, 0.25) is 0 Å². The van der Waals surface area contributed by atoms with Crippen molar-refractivity contribution in [2.24, 2.45) is 0 Å². The van der Waals surface area contributed by atoms with Crippen LogP contribution in [-0.2, 0) is 9.59 Å². The Labute approximate surface area is 171 Å². The molecule has 0 atom stereocenters. The molecule has 6 heteroatoms. The van der Waals surface area contributed by atoms with E-state index in [1.54, 1.807) is 4.90 Å². The van der Waals surface area contributed by atoms with Gasteiger partial charge in [0.2, 0.25) is 5.91 Å². The van der Waals surface area contributed by atoms with Crippen LogP contribution in [0.3, 0.4) is 0 Å². The van der Waals surface area contributed by atoms with Crippen molar-refractivity contribution in [3.8, 4) is 0 Å². The fourth-order valence-electron chi connectivity index (χ4n) is 3.35. The van der Waals surface area contributed by atoms with Crippen LogP contribution in [0.1, 0.15) is 49.7 Å². The summed E-state index contributed by atoms with van der Waals surface area (Å²) in [4.78, 5) is 29.0.